The average Bonchev–Trinajstić information content (AvgIpc) is 2.73. The van der Waals surface area contributed by atoms with Crippen LogP contribution in [0.25, 0.3) is 0 Å². The molecule has 0 saturated carbocycles. The van der Waals surface area contributed by atoms with Crippen molar-refractivity contribution in [3.63, 3.8) is 0 Å². The molecule has 0 aliphatic rings. The van der Waals surface area contributed by atoms with E-state index in [1.807, 2.05) is 0 Å². The van der Waals surface area contributed by atoms with Crippen molar-refractivity contribution < 1.29 is 14.7 Å². The number of hydrogen-bond donors (Lipinski definition) is 3. The van der Waals surface area contributed by atoms with E-state index in [0.29, 0.717) is 32.5 Å². The van der Waals surface area contributed by atoms with E-state index in [4.69, 9.17) is 0 Å². The van der Waals surface area contributed by atoms with Gasteiger partial charge < -0.3 is 20.6 Å². The van der Waals surface area contributed by atoms with Crippen molar-refractivity contribution >= 4 is 11.8 Å². The van der Waals surface area contributed by atoms with Crippen molar-refractivity contribution in [2.45, 2.75) is 91.1 Å². The Bertz CT molecular complexity index is 464. The number of rotatable bonds is 20. The van der Waals surface area contributed by atoms with Gasteiger partial charge in [-0.15, -0.1) is 0 Å². The van der Waals surface area contributed by atoms with E-state index in [0.717, 1.165) is 64.5 Å². The molecule has 0 fully saturated rings. The third-order valence-corrected chi connectivity index (χ3v) is 4.82. The molecule has 3 N–H and O–H groups in total. The first-order valence-corrected chi connectivity index (χ1v) is 12.2. The van der Waals surface area contributed by atoms with Gasteiger partial charge in [0.15, 0.2) is 0 Å². The monoisotopic (exact) mass is 437 g/mol. The Morgan fingerprint density at radius 2 is 1.26 bits per heavy atom. The average molecular weight is 438 g/mol. The third-order valence-electron chi connectivity index (χ3n) is 4.82. The Morgan fingerprint density at radius 3 is 1.65 bits per heavy atom. The van der Waals surface area contributed by atoms with Gasteiger partial charge in [-0.3, -0.25) is 9.59 Å². The van der Waals surface area contributed by atoms with Crippen molar-refractivity contribution in [2.75, 3.05) is 32.7 Å². The molecule has 2 amide bonds. The van der Waals surface area contributed by atoms with Gasteiger partial charge in [-0.1, -0.05) is 38.2 Å². The molecule has 6 heteroatoms. The number of carbonyl (C=O) groups excluding carboxylic acids is 2. The number of nitrogens with one attached hydrogen (secondary N) is 2. The smallest absolute Gasteiger partial charge is 0.220 e. The van der Waals surface area contributed by atoms with Gasteiger partial charge in [-0.05, 0) is 71.4 Å². The minimum Gasteiger partial charge on any atom is -0.392 e. The van der Waals surface area contributed by atoms with Gasteiger partial charge in [0.2, 0.25) is 11.8 Å². The van der Waals surface area contributed by atoms with E-state index in [-0.39, 0.29) is 11.8 Å². The van der Waals surface area contributed by atoms with Gasteiger partial charge in [-0.25, -0.2) is 0 Å². The summed E-state index contributed by atoms with van der Waals surface area (Å²) in [5.74, 6) is 0.222. The lowest BCUT2D eigenvalue weighted by molar-refractivity contribution is -0.122. The lowest BCUT2D eigenvalue weighted by atomic mass is 10.2. The van der Waals surface area contributed by atoms with Crippen LogP contribution in [0.2, 0.25) is 0 Å². The lowest BCUT2D eigenvalue weighted by Gasteiger charge is -2.23. The predicted molar refractivity (Wildman–Crippen MR) is 130 cm³/mol. The number of amides is 2. The summed E-state index contributed by atoms with van der Waals surface area (Å²) in [6, 6.07) is 0. The highest BCUT2D eigenvalue weighted by atomic mass is 16.3. The van der Waals surface area contributed by atoms with Crippen molar-refractivity contribution in [3.05, 3.63) is 24.3 Å². The van der Waals surface area contributed by atoms with Crippen LogP contribution in [-0.2, 0) is 9.59 Å². The van der Waals surface area contributed by atoms with Crippen molar-refractivity contribution in [1.29, 1.82) is 0 Å². The summed E-state index contributed by atoms with van der Waals surface area (Å²) >= 11 is 0. The van der Waals surface area contributed by atoms with E-state index in [1.165, 1.54) is 0 Å². The largest absolute Gasteiger partial charge is 0.392 e. The van der Waals surface area contributed by atoms with Gasteiger partial charge >= 0.3 is 0 Å². The number of unbranched alkanes of at least 4 members (excludes halogenated alkanes) is 2. The molecule has 0 saturated heterocycles. The molecule has 0 aliphatic heterocycles. The van der Waals surface area contributed by atoms with Crippen LogP contribution < -0.4 is 10.6 Å². The Balaban J connectivity index is 3.90. The maximum atomic E-state index is 11.9. The molecular formula is C25H47N3O3. The van der Waals surface area contributed by atoms with Crippen LogP contribution in [-0.4, -0.2) is 60.6 Å². The van der Waals surface area contributed by atoms with Gasteiger partial charge in [0, 0.05) is 32.5 Å². The molecule has 31 heavy (non-hydrogen) atoms. The lowest BCUT2D eigenvalue weighted by Crippen LogP contribution is -2.36. The molecule has 1 atom stereocenters. The highest BCUT2D eigenvalue weighted by Crippen LogP contribution is 2.00. The Hall–Kier alpha value is -1.66. The molecule has 0 spiro atoms. The maximum absolute atomic E-state index is 11.9. The van der Waals surface area contributed by atoms with E-state index >= 15 is 0 Å². The maximum Gasteiger partial charge on any atom is 0.220 e. The fourth-order valence-electron chi connectivity index (χ4n) is 3.24. The molecular weight excluding hydrogens is 390 g/mol. The zero-order chi connectivity index (χ0) is 23.2. The van der Waals surface area contributed by atoms with E-state index in [9.17, 15) is 14.7 Å². The molecule has 0 rings (SSSR count). The predicted octanol–water partition coefficient (Wildman–Crippen LogP) is 3.95. The fourth-order valence-corrected chi connectivity index (χ4v) is 3.24. The second-order valence-electron chi connectivity index (χ2n) is 8.10. The normalized spacial score (nSPS) is 12.7. The highest BCUT2D eigenvalue weighted by molar-refractivity contribution is 5.76. The SMILES string of the molecule is CC/C=C/CCCC(=O)NCCCN(CCCNC(=O)CCC/C=C/CC)CC(C)O. The van der Waals surface area contributed by atoms with Crippen molar-refractivity contribution in [1.82, 2.24) is 15.5 Å². The van der Waals surface area contributed by atoms with E-state index < -0.39 is 6.10 Å². The first-order chi connectivity index (χ1) is 15.0. The van der Waals surface area contributed by atoms with Crippen LogP contribution in [0.1, 0.15) is 85.0 Å². The Morgan fingerprint density at radius 1 is 0.806 bits per heavy atom. The van der Waals surface area contributed by atoms with Gasteiger partial charge in [0.05, 0.1) is 6.10 Å². The summed E-state index contributed by atoms with van der Waals surface area (Å²) in [6.45, 7) is 9.56. The molecule has 0 aromatic carbocycles. The number of aliphatic hydroxyl groups is 1. The topological polar surface area (TPSA) is 81.7 Å². The van der Waals surface area contributed by atoms with Crippen LogP contribution in [0.4, 0.5) is 0 Å². The van der Waals surface area contributed by atoms with E-state index in [2.05, 4.69) is 53.7 Å². The van der Waals surface area contributed by atoms with Gasteiger partial charge in [0.1, 0.15) is 0 Å². The molecule has 0 bridgehead atoms. The summed E-state index contributed by atoms with van der Waals surface area (Å²) in [6.07, 6.45) is 16.7. The summed E-state index contributed by atoms with van der Waals surface area (Å²) in [4.78, 5) is 25.9. The second-order valence-corrected chi connectivity index (χ2v) is 8.10. The van der Waals surface area contributed by atoms with E-state index in [1.54, 1.807) is 6.92 Å². The van der Waals surface area contributed by atoms with Crippen LogP contribution in [0.3, 0.4) is 0 Å². The second kappa shape index (κ2) is 21.6. The summed E-state index contributed by atoms with van der Waals surface area (Å²) in [5, 5.41) is 15.7. The highest BCUT2D eigenvalue weighted by Gasteiger charge is 2.09. The molecule has 0 aliphatic carbocycles. The number of carbonyl (C=O) groups is 2. The molecule has 180 valence electrons. The Labute approximate surface area is 190 Å². The molecule has 1 unspecified atom stereocenters. The van der Waals surface area contributed by atoms with Crippen LogP contribution in [0.15, 0.2) is 24.3 Å². The van der Waals surface area contributed by atoms with Crippen molar-refractivity contribution in [3.8, 4) is 0 Å². The molecule has 0 radical (unpaired) electrons. The molecule has 0 heterocycles. The van der Waals surface area contributed by atoms with Gasteiger partial charge in [-0.2, -0.15) is 0 Å². The minimum absolute atomic E-state index is 0.111. The Kier molecular flexibility index (Phi) is 20.4. The summed E-state index contributed by atoms with van der Waals surface area (Å²) < 4.78 is 0. The van der Waals surface area contributed by atoms with Crippen molar-refractivity contribution in [2.24, 2.45) is 0 Å². The number of aliphatic hydroxyl groups excluding tert-OH is 1. The van der Waals surface area contributed by atoms with Crippen LogP contribution in [0, 0.1) is 0 Å². The summed E-state index contributed by atoms with van der Waals surface area (Å²) in [5.41, 5.74) is 0. The first-order valence-electron chi connectivity index (χ1n) is 12.2. The zero-order valence-electron chi connectivity index (χ0n) is 20.2. The number of hydrogen-bond acceptors (Lipinski definition) is 4. The first kappa shape index (κ1) is 29.3. The van der Waals surface area contributed by atoms with Crippen LogP contribution in [0.5, 0.6) is 0 Å². The fraction of sp³-hybridized carbons (Fsp3) is 0.760. The van der Waals surface area contributed by atoms with Crippen LogP contribution >= 0.6 is 0 Å². The molecule has 6 nitrogen and oxygen atoms in total. The standard InChI is InChI=1S/C25H47N3O3/c1-4-6-8-10-12-16-24(30)26-18-14-20-28(22-23(3)29)21-15-19-27-25(31)17-13-11-9-7-5-2/h6-9,23,29H,4-5,10-22H2,1-3H3,(H,26,30)(H,27,31)/b8-6+,9-7+. The quantitative estimate of drug-likeness (QED) is 0.199. The van der Waals surface area contributed by atoms with Gasteiger partial charge in [0.25, 0.3) is 0 Å². The third kappa shape index (κ3) is 21.4. The molecule has 0 aromatic rings. The zero-order valence-corrected chi connectivity index (χ0v) is 20.2. The molecule has 0 aromatic heterocycles. The number of allylic oxidation sites excluding steroid dienone is 4. The number of nitrogens with zero attached hydrogens (tertiary/aromatic N) is 1. The minimum atomic E-state index is -0.392. The summed E-state index contributed by atoms with van der Waals surface area (Å²) in [7, 11) is 0.